The molecule has 142 valence electrons. The van der Waals surface area contributed by atoms with Crippen molar-refractivity contribution in [2.45, 2.75) is 45.1 Å². The second kappa shape index (κ2) is 6.38. The fourth-order valence-corrected chi connectivity index (χ4v) is 6.82. The highest BCUT2D eigenvalue weighted by molar-refractivity contribution is 7.93. The maximum atomic E-state index is 13.0. The quantitative estimate of drug-likeness (QED) is 0.853. The maximum Gasteiger partial charge on any atom is 0.265 e. The molecule has 1 atom stereocenters. The Morgan fingerprint density at radius 3 is 2.31 bits per heavy atom. The summed E-state index contributed by atoms with van der Waals surface area (Å²) in [7, 11) is -6.93. The lowest BCUT2D eigenvalue weighted by molar-refractivity contribution is 0.484. The summed E-state index contributed by atoms with van der Waals surface area (Å²) < 4.78 is 53.8. The molecule has 0 saturated carbocycles. The fourth-order valence-electron chi connectivity index (χ4n) is 3.52. The Labute approximate surface area is 154 Å². The summed E-state index contributed by atoms with van der Waals surface area (Å²) in [5.74, 6) is 0.109. The van der Waals surface area contributed by atoms with Crippen LogP contribution in [0, 0.1) is 27.7 Å². The molecular formula is C17H23N3O4S2. The van der Waals surface area contributed by atoms with Crippen LogP contribution < -0.4 is 4.72 Å². The number of hydrogen-bond donors (Lipinski definition) is 1. The number of aromatic nitrogens is 2. The van der Waals surface area contributed by atoms with E-state index in [9.17, 15) is 16.8 Å². The van der Waals surface area contributed by atoms with Crippen LogP contribution in [0.15, 0.2) is 23.1 Å². The molecule has 9 heteroatoms. The number of aryl methyl sites for hydroxylation is 3. The summed E-state index contributed by atoms with van der Waals surface area (Å²) in [5.41, 5.74) is 3.05. The number of hydrogen-bond acceptors (Lipinski definition) is 5. The topological polar surface area (TPSA) is 98.1 Å². The third kappa shape index (κ3) is 3.37. The van der Waals surface area contributed by atoms with Crippen LogP contribution in [-0.4, -0.2) is 38.1 Å². The monoisotopic (exact) mass is 397 g/mol. The van der Waals surface area contributed by atoms with Gasteiger partial charge in [-0.25, -0.2) is 16.8 Å². The first-order valence-corrected chi connectivity index (χ1v) is 11.7. The number of anilines is 1. The molecule has 1 aromatic heterocycles. The molecular weight excluding hydrogens is 374 g/mol. The zero-order chi connectivity index (χ0) is 19.3. The molecule has 0 unspecified atom stereocenters. The van der Waals surface area contributed by atoms with Gasteiger partial charge in [0.05, 0.1) is 34.6 Å². The van der Waals surface area contributed by atoms with Crippen LogP contribution >= 0.6 is 0 Å². The van der Waals surface area contributed by atoms with Gasteiger partial charge in [0.15, 0.2) is 9.84 Å². The summed E-state index contributed by atoms with van der Waals surface area (Å²) in [5, 5.41) is 4.34. The molecule has 0 aliphatic carbocycles. The van der Waals surface area contributed by atoms with Gasteiger partial charge in [-0.2, -0.15) is 5.10 Å². The summed E-state index contributed by atoms with van der Waals surface area (Å²) in [6.45, 7) is 6.99. The average molecular weight is 398 g/mol. The Bertz CT molecular complexity index is 1050. The van der Waals surface area contributed by atoms with Crippen molar-refractivity contribution >= 4 is 25.5 Å². The third-order valence-electron chi connectivity index (χ3n) is 4.80. The van der Waals surface area contributed by atoms with Crippen LogP contribution in [0.2, 0.25) is 0 Å². The fraction of sp³-hybridized carbons (Fsp3) is 0.471. The van der Waals surface area contributed by atoms with Gasteiger partial charge in [-0.1, -0.05) is 18.2 Å². The molecule has 7 nitrogen and oxygen atoms in total. The summed E-state index contributed by atoms with van der Waals surface area (Å²) in [6, 6.07) is 5.24. The largest absolute Gasteiger partial charge is 0.279 e. The number of nitrogens with one attached hydrogen (secondary N) is 1. The Hall–Kier alpha value is -1.87. The Kier molecular flexibility index (Phi) is 4.64. The van der Waals surface area contributed by atoms with E-state index in [4.69, 9.17) is 0 Å². The van der Waals surface area contributed by atoms with Gasteiger partial charge < -0.3 is 0 Å². The normalized spacial score (nSPS) is 19.6. The summed E-state index contributed by atoms with van der Waals surface area (Å²) in [4.78, 5) is 0.115. The molecule has 1 aromatic carbocycles. The van der Waals surface area contributed by atoms with Crippen LogP contribution in [0.3, 0.4) is 0 Å². The predicted octanol–water partition coefficient (Wildman–Crippen LogP) is 2.28. The third-order valence-corrected chi connectivity index (χ3v) is 8.15. The number of nitrogens with zero attached hydrogens (tertiary/aromatic N) is 2. The van der Waals surface area contributed by atoms with Gasteiger partial charge in [-0.15, -0.1) is 0 Å². The van der Waals surface area contributed by atoms with Gasteiger partial charge in [0.1, 0.15) is 4.90 Å². The number of benzene rings is 1. The molecule has 2 aromatic rings. The van der Waals surface area contributed by atoms with Gasteiger partial charge in [0, 0.05) is 0 Å². The molecule has 1 N–H and O–H groups in total. The highest BCUT2D eigenvalue weighted by atomic mass is 32.2. The van der Waals surface area contributed by atoms with Crippen molar-refractivity contribution in [3.63, 3.8) is 0 Å². The smallest absolute Gasteiger partial charge is 0.265 e. The minimum atomic E-state index is -3.84. The minimum absolute atomic E-state index is 0.00121. The SMILES string of the molecule is Cc1cccc(C)c1NS(=O)(=O)c1c(C)nn([C@H]2CCS(=O)(=O)C2)c1C. The van der Waals surface area contributed by atoms with E-state index in [0.29, 0.717) is 23.5 Å². The van der Waals surface area contributed by atoms with E-state index in [2.05, 4.69) is 9.82 Å². The number of rotatable bonds is 4. The Balaban J connectivity index is 2.01. The van der Waals surface area contributed by atoms with Crippen molar-refractivity contribution in [1.29, 1.82) is 0 Å². The molecule has 1 saturated heterocycles. The molecule has 3 rings (SSSR count). The molecule has 0 bridgehead atoms. The predicted molar refractivity (Wildman–Crippen MR) is 101 cm³/mol. The van der Waals surface area contributed by atoms with E-state index in [-0.39, 0.29) is 22.4 Å². The van der Waals surface area contributed by atoms with Gasteiger partial charge in [0.2, 0.25) is 0 Å². The van der Waals surface area contributed by atoms with E-state index in [1.54, 1.807) is 18.5 Å². The van der Waals surface area contributed by atoms with Crippen molar-refractivity contribution in [3.05, 3.63) is 40.7 Å². The number of para-hydroxylation sites is 1. The molecule has 2 heterocycles. The number of sulfone groups is 1. The first kappa shape index (κ1) is 18.9. The first-order valence-electron chi connectivity index (χ1n) is 8.37. The average Bonchev–Trinajstić information content (AvgIpc) is 3.02. The molecule has 0 spiro atoms. The van der Waals surface area contributed by atoms with Crippen LogP contribution in [0.4, 0.5) is 5.69 Å². The molecule has 1 fully saturated rings. The Morgan fingerprint density at radius 2 is 1.77 bits per heavy atom. The Morgan fingerprint density at radius 1 is 1.15 bits per heavy atom. The van der Waals surface area contributed by atoms with Crippen molar-refractivity contribution in [2.75, 3.05) is 16.2 Å². The van der Waals surface area contributed by atoms with Crippen LogP contribution in [-0.2, 0) is 19.9 Å². The van der Waals surface area contributed by atoms with Crippen LogP contribution in [0.25, 0.3) is 0 Å². The van der Waals surface area contributed by atoms with Crippen LogP contribution in [0.5, 0.6) is 0 Å². The molecule has 0 radical (unpaired) electrons. The summed E-state index contributed by atoms with van der Waals surface area (Å²) in [6.07, 6.45) is 0.452. The molecule has 1 aliphatic heterocycles. The zero-order valence-corrected chi connectivity index (χ0v) is 16.9. The van der Waals surface area contributed by atoms with Gasteiger partial charge in [0.25, 0.3) is 10.0 Å². The van der Waals surface area contributed by atoms with E-state index >= 15 is 0 Å². The first-order chi connectivity index (χ1) is 12.0. The van der Waals surface area contributed by atoms with E-state index in [1.165, 1.54) is 0 Å². The second-order valence-corrected chi connectivity index (χ2v) is 10.7. The molecule has 0 amide bonds. The van der Waals surface area contributed by atoms with Crippen molar-refractivity contribution in [1.82, 2.24) is 9.78 Å². The second-order valence-electron chi connectivity index (χ2n) is 6.87. The maximum absolute atomic E-state index is 13.0. The van der Waals surface area contributed by atoms with Gasteiger partial charge in [-0.3, -0.25) is 9.40 Å². The van der Waals surface area contributed by atoms with Gasteiger partial charge in [-0.05, 0) is 45.2 Å². The van der Waals surface area contributed by atoms with E-state index in [0.717, 1.165) is 11.1 Å². The lowest BCUT2D eigenvalue weighted by Gasteiger charge is -2.14. The summed E-state index contributed by atoms with van der Waals surface area (Å²) >= 11 is 0. The lowest BCUT2D eigenvalue weighted by atomic mass is 10.1. The molecule has 26 heavy (non-hydrogen) atoms. The minimum Gasteiger partial charge on any atom is -0.279 e. The van der Waals surface area contributed by atoms with Crippen molar-refractivity contribution in [3.8, 4) is 0 Å². The van der Waals surface area contributed by atoms with E-state index < -0.39 is 19.9 Å². The van der Waals surface area contributed by atoms with Gasteiger partial charge >= 0.3 is 0 Å². The zero-order valence-electron chi connectivity index (χ0n) is 15.3. The van der Waals surface area contributed by atoms with E-state index in [1.807, 2.05) is 32.0 Å². The highest BCUT2D eigenvalue weighted by Gasteiger charge is 2.34. The molecule has 1 aliphatic rings. The number of sulfonamides is 1. The lowest BCUT2D eigenvalue weighted by Crippen LogP contribution is -2.18. The standard InChI is InChI=1S/C17H23N3O4S2/c1-11-6-5-7-12(2)16(11)19-26(23,24)17-13(3)18-20(14(17)4)15-8-9-25(21,22)10-15/h5-7,15,19H,8-10H2,1-4H3/t15-/m0/s1. The van der Waals surface area contributed by atoms with Crippen molar-refractivity contribution < 1.29 is 16.8 Å². The highest BCUT2D eigenvalue weighted by Crippen LogP contribution is 2.30. The van der Waals surface area contributed by atoms with Crippen LogP contribution in [0.1, 0.15) is 35.0 Å². The van der Waals surface area contributed by atoms with Crippen molar-refractivity contribution in [2.24, 2.45) is 0 Å².